The number of nitrogens with one attached hydrogen (secondary N) is 1. The molecule has 15 nitrogen and oxygen atoms in total. The second-order valence-corrected chi connectivity index (χ2v) is 14.9. The van der Waals surface area contributed by atoms with Gasteiger partial charge in [0.05, 0.1) is 26.4 Å². The predicted molar refractivity (Wildman–Crippen MR) is 187 cm³/mol. The number of esters is 1. The van der Waals surface area contributed by atoms with Gasteiger partial charge in [0.1, 0.15) is 54.2 Å². The summed E-state index contributed by atoms with van der Waals surface area (Å²) in [5, 5.41) is 53.4. The van der Waals surface area contributed by atoms with E-state index in [-0.39, 0.29) is 38.6 Å². The van der Waals surface area contributed by atoms with Crippen molar-refractivity contribution >= 4 is 18.0 Å². The summed E-state index contributed by atoms with van der Waals surface area (Å²) in [6.07, 6.45) is 1.62. The minimum atomic E-state index is -1.52. The van der Waals surface area contributed by atoms with Gasteiger partial charge in [-0.2, -0.15) is 5.06 Å². The van der Waals surface area contributed by atoms with Crippen molar-refractivity contribution in [3.8, 4) is 0 Å². The fraction of sp³-hybridized carbons (Fsp3) is 0.737. The highest BCUT2D eigenvalue weighted by atomic mass is 16.8. The molecule has 53 heavy (non-hydrogen) atoms. The zero-order valence-corrected chi connectivity index (χ0v) is 30.6. The Bertz CT molecular complexity index is 1400. The van der Waals surface area contributed by atoms with Gasteiger partial charge in [0.25, 0.3) is 0 Å². The first-order chi connectivity index (χ1) is 25.6. The predicted octanol–water partition coefficient (Wildman–Crippen LogP) is 1.07. The molecule has 296 valence electrons. The van der Waals surface area contributed by atoms with E-state index in [1.165, 1.54) is 0 Å². The Morgan fingerprint density at radius 1 is 0.981 bits per heavy atom. The first kappa shape index (κ1) is 40.1. The third kappa shape index (κ3) is 8.07. The number of rotatable bonds is 18. The molecule has 5 aliphatic rings. The SMILES string of the molecule is CCCCCC1(CCCCC)O[C@@H]2[C@H](O1)[C@H]1ON(Cc3ccc(C=CCO[C@H]4O[C@H](CO)[C@H](O)[C@H](O)[C@H]4O)cc3)[C@H]3C(=O)O[C@@H]2C[C@@]13C(=O)NCCO. The van der Waals surface area contributed by atoms with Gasteiger partial charge in [0.15, 0.2) is 18.1 Å². The number of aliphatic hydroxyl groups is 5. The fourth-order valence-electron chi connectivity index (χ4n) is 8.48. The lowest BCUT2D eigenvalue weighted by Gasteiger charge is -2.48. The molecule has 0 aromatic heterocycles. The average Bonchev–Trinajstić information content (AvgIpc) is 3.71. The van der Waals surface area contributed by atoms with E-state index in [1.54, 1.807) is 17.2 Å². The Kier molecular flexibility index (Phi) is 13.3. The van der Waals surface area contributed by atoms with Crippen molar-refractivity contribution in [3.05, 3.63) is 41.5 Å². The second-order valence-electron chi connectivity index (χ2n) is 14.9. The van der Waals surface area contributed by atoms with E-state index in [2.05, 4.69) is 19.2 Å². The van der Waals surface area contributed by atoms with Crippen molar-refractivity contribution in [2.45, 2.75) is 145 Å². The van der Waals surface area contributed by atoms with Crippen LogP contribution in [0.1, 0.15) is 82.8 Å². The molecule has 4 heterocycles. The molecule has 15 heteroatoms. The molecule has 4 aliphatic heterocycles. The summed E-state index contributed by atoms with van der Waals surface area (Å²) in [7, 11) is 0. The minimum Gasteiger partial charge on any atom is -0.458 e. The van der Waals surface area contributed by atoms with Gasteiger partial charge >= 0.3 is 5.97 Å². The van der Waals surface area contributed by atoms with Crippen LogP contribution < -0.4 is 5.32 Å². The maximum absolute atomic E-state index is 14.1. The molecule has 1 saturated carbocycles. The molecule has 11 atom stereocenters. The van der Waals surface area contributed by atoms with E-state index < -0.39 is 84.9 Å². The Morgan fingerprint density at radius 3 is 2.34 bits per heavy atom. The van der Waals surface area contributed by atoms with E-state index in [4.69, 9.17) is 28.5 Å². The molecular formula is C38H56N2O13. The number of hydrogen-bond acceptors (Lipinski definition) is 14. The smallest absolute Gasteiger partial charge is 0.327 e. The normalized spacial score (nSPS) is 36.1. The van der Waals surface area contributed by atoms with Crippen LogP contribution in [-0.4, -0.2) is 136 Å². The van der Waals surface area contributed by atoms with Crippen molar-refractivity contribution < 1.29 is 63.6 Å². The van der Waals surface area contributed by atoms with Crippen molar-refractivity contribution in [1.29, 1.82) is 0 Å². The topological polar surface area (TPSA) is 206 Å². The lowest BCUT2D eigenvalue weighted by molar-refractivity contribution is -0.298. The number of hydrogen-bond donors (Lipinski definition) is 6. The maximum Gasteiger partial charge on any atom is 0.327 e. The van der Waals surface area contributed by atoms with Crippen LogP contribution in [0, 0.1) is 5.41 Å². The summed E-state index contributed by atoms with van der Waals surface area (Å²) in [5.74, 6) is -1.80. The molecule has 6 rings (SSSR count). The molecule has 1 aromatic rings. The lowest BCUT2D eigenvalue weighted by atomic mass is 9.62. The standard InChI is InChI=1S/C38H56N2O13/c1-3-5-7-15-37(16-8-6-4-2)51-30-25-20-38(36(47)39-17-18-41)32(34(46)49-25)40(53-33(38)31(30)52-37)21-24-13-11-23(12-14-24)10-9-19-48-35-29(45)28(44)27(43)26(22-42)50-35/h9-14,25-33,35,41-45H,3-8,15-22H2,1-2H3,(H,39,47)/t25-,26-,27+,28+,29-,30+,31+,32+,33-,35+,38+/m1/s1. The lowest BCUT2D eigenvalue weighted by Crippen LogP contribution is -2.69. The molecule has 6 N–H and O–H groups in total. The third-order valence-corrected chi connectivity index (χ3v) is 11.2. The number of amides is 1. The quantitative estimate of drug-likeness (QED) is 0.0918. The number of nitrogens with zero attached hydrogens (tertiary/aromatic N) is 1. The molecular weight excluding hydrogens is 692 g/mol. The first-order valence-electron chi connectivity index (χ1n) is 19.2. The molecule has 1 amide bonds. The summed E-state index contributed by atoms with van der Waals surface area (Å²) in [5.41, 5.74) is 0.322. The summed E-state index contributed by atoms with van der Waals surface area (Å²) in [6.45, 7) is 3.73. The number of hydroxylamine groups is 2. The van der Waals surface area contributed by atoms with Gasteiger partial charge in [-0.15, -0.1) is 0 Å². The van der Waals surface area contributed by atoms with E-state index >= 15 is 0 Å². The van der Waals surface area contributed by atoms with Gasteiger partial charge in [-0.3, -0.25) is 14.4 Å². The van der Waals surface area contributed by atoms with Crippen LogP contribution in [0.2, 0.25) is 0 Å². The number of carbonyl (C=O) groups is 2. The number of unbranched alkanes of at least 4 members (excludes halogenated alkanes) is 4. The molecule has 0 unspecified atom stereocenters. The van der Waals surface area contributed by atoms with Crippen LogP contribution in [-0.2, 0) is 44.7 Å². The largest absolute Gasteiger partial charge is 0.458 e. The summed E-state index contributed by atoms with van der Waals surface area (Å²) in [6, 6.07) is 6.45. The van der Waals surface area contributed by atoms with Gasteiger partial charge in [0, 0.05) is 25.8 Å². The van der Waals surface area contributed by atoms with Crippen LogP contribution in [0.3, 0.4) is 0 Å². The minimum absolute atomic E-state index is 0.0189. The summed E-state index contributed by atoms with van der Waals surface area (Å²) < 4.78 is 30.6. The molecule has 4 saturated heterocycles. The molecule has 1 aliphatic carbocycles. The van der Waals surface area contributed by atoms with Crippen LogP contribution in [0.15, 0.2) is 30.3 Å². The average molecular weight is 749 g/mol. The van der Waals surface area contributed by atoms with Gasteiger partial charge < -0.3 is 54.5 Å². The zero-order valence-electron chi connectivity index (χ0n) is 30.6. The van der Waals surface area contributed by atoms with E-state index in [0.29, 0.717) is 12.8 Å². The second kappa shape index (κ2) is 17.5. The number of fused-ring (bicyclic) bond motifs is 4. The molecule has 0 radical (unpaired) electrons. The summed E-state index contributed by atoms with van der Waals surface area (Å²) in [4.78, 5) is 34.6. The number of aliphatic hydroxyl groups excluding tert-OH is 5. The third-order valence-electron chi connectivity index (χ3n) is 11.2. The Labute approximate surface area is 310 Å². The van der Waals surface area contributed by atoms with Gasteiger partial charge in [-0.1, -0.05) is 75.9 Å². The van der Waals surface area contributed by atoms with Crippen molar-refractivity contribution in [2.75, 3.05) is 26.4 Å². The number of ether oxygens (including phenoxy) is 5. The van der Waals surface area contributed by atoms with Gasteiger partial charge in [-0.25, -0.2) is 0 Å². The molecule has 5 fully saturated rings. The maximum atomic E-state index is 14.1. The highest BCUT2D eigenvalue weighted by Crippen LogP contribution is 2.58. The monoisotopic (exact) mass is 748 g/mol. The zero-order chi connectivity index (χ0) is 37.8. The van der Waals surface area contributed by atoms with Crippen LogP contribution in [0.25, 0.3) is 6.08 Å². The van der Waals surface area contributed by atoms with Gasteiger partial charge in [0.2, 0.25) is 5.91 Å². The highest BCUT2D eigenvalue weighted by Gasteiger charge is 2.76. The summed E-state index contributed by atoms with van der Waals surface area (Å²) >= 11 is 0. The Hall–Kier alpha value is -2.54. The van der Waals surface area contributed by atoms with Crippen molar-refractivity contribution in [2.24, 2.45) is 5.41 Å². The Morgan fingerprint density at radius 2 is 1.68 bits per heavy atom. The van der Waals surface area contributed by atoms with Crippen molar-refractivity contribution in [1.82, 2.24) is 10.4 Å². The Balaban J connectivity index is 1.17. The van der Waals surface area contributed by atoms with Gasteiger partial charge in [-0.05, 0) is 24.0 Å². The fourth-order valence-corrected chi connectivity index (χ4v) is 8.48. The number of carbonyl (C=O) groups excluding carboxylic acids is 2. The first-order valence-corrected chi connectivity index (χ1v) is 19.2. The molecule has 1 aromatic carbocycles. The molecule has 0 spiro atoms. The van der Waals surface area contributed by atoms with Crippen molar-refractivity contribution in [3.63, 3.8) is 0 Å². The van der Waals surface area contributed by atoms with Crippen LogP contribution in [0.4, 0.5) is 0 Å². The van der Waals surface area contributed by atoms with Crippen LogP contribution >= 0.6 is 0 Å². The number of benzene rings is 1. The molecule has 2 bridgehead atoms. The van der Waals surface area contributed by atoms with E-state index in [0.717, 1.165) is 49.7 Å². The van der Waals surface area contributed by atoms with E-state index in [9.17, 15) is 35.1 Å². The van der Waals surface area contributed by atoms with E-state index in [1.807, 2.05) is 24.3 Å². The highest BCUT2D eigenvalue weighted by molar-refractivity contribution is 5.93. The van der Waals surface area contributed by atoms with Crippen LogP contribution in [0.5, 0.6) is 0 Å².